The molecule has 1 aromatic heterocycles. The zero-order valence-electron chi connectivity index (χ0n) is 11.2. The lowest BCUT2D eigenvalue weighted by Crippen LogP contribution is -2.24. The summed E-state index contributed by atoms with van der Waals surface area (Å²) in [4.78, 5) is 4.12. The molecule has 0 fully saturated rings. The molecule has 5 heteroatoms. The minimum Gasteiger partial charge on any atom is -0.260 e. The zero-order chi connectivity index (χ0) is 14.4. The normalized spacial score (nSPS) is 12.1. The summed E-state index contributed by atoms with van der Waals surface area (Å²) in [6.07, 6.45) is 3.24. The maximum absolute atomic E-state index is 12.1. The molecule has 2 aromatic rings. The molecule has 1 heterocycles. The lowest BCUT2D eigenvalue weighted by atomic mass is 10.2. The highest BCUT2D eigenvalue weighted by Gasteiger charge is 2.14. The average molecular weight is 288 g/mol. The fourth-order valence-corrected chi connectivity index (χ4v) is 2.49. The molecule has 0 aliphatic heterocycles. The lowest BCUT2D eigenvalue weighted by molar-refractivity contribution is 0.470. The molecule has 4 nitrogen and oxygen atoms in total. The van der Waals surface area contributed by atoms with Crippen molar-refractivity contribution in [3.63, 3.8) is 0 Å². The molecule has 0 radical (unpaired) electrons. The Morgan fingerprint density at radius 2 is 1.80 bits per heavy atom. The van der Waals surface area contributed by atoms with Gasteiger partial charge in [-0.25, -0.2) is 8.42 Å². The molecule has 0 aliphatic carbocycles. The summed E-state index contributed by atoms with van der Waals surface area (Å²) in [5.74, 6) is 0. The van der Waals surface area contributed by atoms with Gasteiger partial charge in [0.15, 0.2) is 0 Å². The van der Waals surface area contributed by atoms with Gasteiger partial charge in [-0.1, -0.05) is 36.4 Å². The van der Waals surface area contributed by atoms with E-state index in [2.05, 4.69) is 4.98 Å². The molecule has 0 saturated carbocycles. The molecule has 1 aromatic carbocycles. The van der Waals surface area contributed by atoms with E-state index in [0.29, 0.717) is 5.69 Å². The standard InChI is InChI=1S/C15H16N2O2S/c1-17(13-15-9-5-6-11-16-15)20(18,19)12-10-14-7-3-2-4-8-14/h2-12H,13H2,1H3/b12-10+. The van der Waals surface area contributed by atoms with Gasteiger partial charge in [0, 0.05) is 18.7 Å². The first-order chi connectivity index (χ1) is 9.58. The first-order valence-corrected chi connectivity index (χ1v) is 7.67. The summed E-state index contributed by atoms with van der Waals surface area (Å²) in [5, 5.41) is 1.21. The summed E-state index contributed by atoms with van der Waals surface area (Å²) in [7, 11) is -1.90. The first-order valence-electron chi connectivity index (χ1n) is 6.17. The molecular weight excluding hydrogens is 272 g/mol. The van der Waals surface area contributed by atoms with E-state index in [1.165, 1.54) is 9.71 Å². The van der Waals surface area contributed by atoms with Crippen LogP contribution in [-0.4, -0.2) is 24.8 Å². The molecule has 0 aliphatic rings. The summed E-state index contributed by atoms with van der Waals surface area (Å²) >= 11 is 0. The number of hydrogen-bond acceptors (Lipinski definition) is 3. The third kappa shape index (κ3) is 4.01. The van der Waals surface area contributed by atoms with E-state index in [0.717, 1.165) is 5.56 Å². The van der Waals surface area contributed by atoms with Crippen molar-refractivity contribution >= 4 is 16.1 Å². The molecule has 0 N–H and O–H groups in total. The Kier molecular flexibility index (Phi) is 4.65. The highest BCUT2D eigenvalue weighted by molar-refractivity contribution is 7.92. The van der Waals surface area contributed by atoms with Crippen LogP contribution in [0.5, 0.6) is 0 Å². The van der Waals surface area contributed by atoms with Crippen molar-refractivity contribution in [2.75, 3.05) is 7.05 Å². The summed E-state index contributed by atoms with van der Waals surface area (Å²) in [5.41, 5.74) is 1.56. The van der Waals surface area contributed by atoms with Crippen LogP contribution in [0.4, 0.5) is 0 Å². The second-order valence-electron chi connectivity index (χ2n) is 4.34. The summed E-state index contributed by atoms with van der Waals surface area (Å²) in [6.45, 7) is 0.252. The molecule has 0 bridgehead atoms. The van der Waals surface area contributed by atoms with E-state index in [9.17, 15) is 8.42 Å². The third-order valence-corrected chi connectivity index (χ3v) is 4.26. The van der Waals surface area contributed by atoms with Crippen molar-refractivity contribution < 1.29 is 8.42 Å². The fraction of sp³-hybridized carbons (Fsp3) is 0.133. The second-order valence-corrected chi connectivity index (χ2v) is 6.26. The van der Waals surface area contributed by atoms with Gasteiger partial charge in [-0.05, 0) is 23.8 Å². The van der Waals surface area contributed by atoms with E-state index in [4.69, 9.17) is 0 Å². The maximum Gasteiger partial charge on any atom is 0.236 e. The number of sulfonamides is 1. The van der Waals surface area contributed by atoms with Crippen LogP contribution >= 0.6 is 0 Å². The van der Waals surface area contributed by atoms with Gasteiger partial charge in [0.25, 0.3) is 0 Å². The second kappa shape index (κ2) is 6.45. The van der Waals surface area contributed by atoms with E-state index >= 15 is 0 Å². The van der Waals surface area contributed by atoms with Gasteiger partial charge in [0.05, 0.1) is 12.2 Å². The van der Waals surface area contributed by atoms with Crippen molar-refractivity contribution in [1.82, 2.24) is 9.29 Å². The van der Waals surface area contributed by atoms with Crippen LogP contribution in [0.2, 0.25) is 0 Å². The van der Waals surface area contributed by atoms with Crippen molar-refractivity contribution in [1.29, 1.82) is 0 Å². The Morgan fingerprint density at radius 1 is 1.10 bits per heavy atom. The molecule has 20 heavy (non-hydrogen) atoms. The topological polar surface area (TPSA) is 50.3 Å². The molecule has 2 rings (SSSR count). The Labute approximate surface area is 119 Å². The first kappa shape index (κ1) is 14.4. The molecule has 0 saturated heterocycles. The Hall–Kier alpha value is -1.98. The zero-order valence-corrected chi connectivity index (χ0v) is 12.0. The number of benzene rings is 1. The van der Waals surface area contributed by atoms with Gasteiger partial charge < -0.3 is 0 Å². The van der Waals surface area contributed by atoms with Gasteiger partial charge in [0.1, 0.15) is 0 Å². The van der Waals surface area contributed by atoms with E-state index < -0.39 is 10.0 Å². The quantitative estimate of drug-likeness (QED) is 0.849. The van der Waals surface area contributed by atoms with Crippen LogP contribution in [-0.2, 0) is 16.6 Å². The summed E-state index contributed by atoms with van der Waals surface area (Å²) in [6, 6.07) is 14.8. The van der Waals surface area contributed by atoms with Crippen molar-refractivity contribution in [3.8, 4) is 0 Å². The van der Waals surface area contributed by atoms with Crippen LogP contribution in [0.1, 0.15) is 11.3 Å². The predicted octanol–water partition coefficient (Wildman–Crippen LogP) is 2.51. The minimum atomic E-state index is -3.44. The van der Waals surface area contributed by atoms with Crippen LogP contribution < -0.4 is 0 Å². The smallest absolute Gasteiger partial charge is 0.236 e. The fourth-order valence-electron chi connectivity index (χ4n) is 1.64. The van der Waals surface area contributed by atoms with Crippen LogP contribution in [0.25, 0.3) is 6.08 Å². The van der Waals surface area contributed by atoms with E-state index in [1.807, 2.05) is 36.4 Å². The van der Waals surface area contributed by atoms with Crippen LogP contribution in [0.3, 0.4) is 0 Å². The largest absolute Gasteiger partial charge is 0.260 e. The molecule has 104 valence electrons. The Bertz CT molecular complexity index is 668. The minimum absolute atomic E-state index is 0.252. The highest BCUT2D eigenvalue weighted by Crippen LogP contribution is 2.09. The predicted molar refractivity (Wildman–Crippen MR) is 80.1 cm³/mol. The van der Waals surface area contributed by atoms with E-state index in [1.54, 1.807) is 31.5 Å². The van der Waals surface area contributed by atoms with Crippen molar-refractivity contribution in [3.05, 3.63) is 71.4 Å². The summed E-state index contributed by atoms with van der Waals surface area (Å²) < 4.78 is 25.5. The van der Waals surface area contributed by atoms with Gasteiger partial charge in [-0.2, -0.15) is 4.31 Å². The molecule has 0 spiro atoms. The third-order valence-electron chi connectivity index (χ3n) is 2.78. The van der Waals surface area contributed by atoms with Gasteiger partial charge in [-0.15, -0.1) is 0 Å². The maximum atomic E-state index is 12.1. The van der Waals surface area contributed by atoms with Gasteiger partial charge in [-0.3, -0.25) is 4.98 Å². The monoisotopic (exact) mass is 288 g/mol. The molecule has 0 amide bonds. The number of rotatable bonds is 5. The number of pyridine rings is 1. The number of aromatic nitrogens is 1. The van der Waals surface area contributed by atoms with Crippen LogP contribution in [0, 0.1) is 0 Å². The van der Waals surface area contributed by atoms with Crippen molar-refractivity contribution in [2.24, 2.45) is 0 Å². The highest BCUT2D eigenvalue weighted by atomic mass is 32.2. The SMILES string of the molecule is CN(Cc1ccccn1)S(=O)(=O)/C=C/c1ccccc1. The molecule has 0 unspecified atom stereocenters. The Morgan fingerprint density at radius 3 is 2.45 bits per heavy atom. The van der Waals surface area contributed by atoms with Crippen LogP contribution in [0.15, 0.2) is 60.1 Å². The average Bonchev–Trinajstić information content (AvgIpc) is 2.47. The Balaban J connectivity index is 2.08. The number of nitrogens with zero attached hydrogens (tertiary/aromatic N) is 2. The van der Waals surface area contributed by atoms with E-state index in [-0.39, 0.29) is 6.54 Å². The molecule has 0 atom stereocenters. The van der Waals surface area contributed by atoms with Gasteiger partial charge in [0.2, 0.25) is 10.0 Å². The van der Waals surface area contributed by atoms with Crippen molar-refractivity contribution in [2.45, 2.75) is 6.54 Å². The van der Waals surface area contributed by atoms with Gasteiger partial charge >= 0.3 is 0 Å². The number of hydrogen-bond donors (Lipinski definition) is 0. The molecular formula is C15H16N2O2S. The lowest BCUT2D eigenvalue weighted by Gasteiger charge is -2.13.